The van der Waals surface area contributed by atoms with Crippen molar-refractivity contribution in [3.8, 4) is 11.5 Å². The van der Waals surface area contributed by atoms with E-state index in [1.165, 1.54) is 9.80 Å². The first-order valence-corrected chi connectivity index (χ1v) is 17.7. The van der Waals surface area contributed by atoms with Gasteiger partial charge in [-0.05, 0) is 59.4 Å². The first-order valence-electron chi connectivity index (χ1n) is 17.7. The van der Waals surface area contributed by atoms with E-state index in [-0.39, 0.29) is 13.1 Å². The predicted molar refractivity (Wildman–Crippen MR) is 195 cm³/mol. The van der Waals surface area contributed by atoms with Crippen molar-refractivity contribution in [3.05, 3.63) is 131 Å². The van der Waals surface area contributed by atoms with E-state index >= 15 is 0 Å². The lowest BCUT2D eigenvalue weighted by molar-refractivity contribution is -0.187. The quantitative estimate of drug-likeness (QED) is 0.117. The number of para-hydroxylation sites is 2. The van der Waals surface area contributed by atoms with Crippen LogP contribution in [0.3, 0.4) is 0 Å². The van der Waals surface area contributed by atoms with Gasteiger partial charge in [0.15, 0.2) is 0 Å². The molecule has 272 valence electrons. The molecule has 52 heavy (non-hydrogen) atoms. The second kappa shape index (κ2) is 18.0. The minimum absolute atomic E-state index is 0.175. The van der Waals surface area contributed by atoms with Gasteiger partial charge in [0.1, 0.15) is 24.7 Å². The van der Waals surface area contributed by atoms with Crippen molar-refractivity contribution in [1.29, 1.82) is 0 Å². The molecule has 0 saturated heterocycles. The molecule has 0 radical (unpaired) electrons. The van der Waals surface area contributed by atoms with E-state index in [2.05, 4.69) is 0 Å². The van der Waals surface area contributed by atoms with E-state index in [0.717, 1.165) is 33.8 Å². The second-order valence-electron chi connectivity index (χ2n) is 13.1. The van der Waals surface area contributed by atoms with Gasteiger partial charge in [-0.3, -0.25) is 19.2 Å². The minimum atomic E-state index is -1.46. The number of benzene rings is 4. The summed E-state index contributed by atoms with van der Waals surface area (Å²) >= 11 is 0. The molecule has 5 rings (SSSR count). The smallest absolute Gasteiger partial charge is 0.308 e. The summed E-state index contributed by atoms with van der Waals surface area (Å²) in [4.78, 5) is 56.5. The molecule has 0 atom stereocenters. The van der Waals surface area contributed by atoms with Gasteiger partial charge in [-0.1, -0.05) is 98.8 Å². The lowest BCUT2D eigenvalue weighted by Gasteiger charge is -2.48. The number of ether oxygens (including phenoxy) is 2. The maximum absolute atomic E-state index is 14.1. The van der Waals surface area contributed by atoms with E-state index in [1.54, 1.807) is 0 Å². The van der Waals surface area contributed by atoms with Crippen molar-refractivity contribution in [2.75, 3.05) is 13.1 Å². The number of carboxylic acid groups (broad SMARTS) is 2. The van der Waals surface area contributed by atoms with Crippen LogP contribution in [0.2, 0.25) is 0 Å². The molecule has 1 aliphatic carbocycles. The van der Waals surface area contributed by atoms with Gasteiger partial charge in [0.2, 0.25) is 11.8 Å². The van der Waals surface area contributed by atoms with Gasteiger partial charge in [0.05, 0.1) is 23.7 Å². The standard InChI is InChI=1S/C42H46N2O8/c1-3-23-43(25-29-15-19-31(20-16-29)27-51-33-11-7-5-8-12-33)39(45)35-37(41(47)48)36(38(35)42(49)50)40(46)44(24-4-2)26-30-17-21-32(22-18-30)28-52-34-13-9-6-10-14-34/h5-22,35-38H,3-4,23-28H2,1-2H3,(H,47,48)(H,49,50)/t35-,36-,37-,38-. The summed E-state index contributed by atoms with van der Waals surface area (Å²) in [5.41, 5.74) is 3.48. The molecule has 0 unspecified atom stereocenters. The fourth-order valence-electron chi connectivity index (χ4n) is 6.76. The molecule has 4 aromatic rings. The largest absolute Gasteiger partial charge is 0.489 e. The summed E-state index contributed by atoms with van der Waals surface area (Å²) in [5.74, 6) is -8.02. The van der Waals surface area contributed by atoms with Crippen molar-refractivity contribution < 1.29 is 38.9 Å². The number of amides is 2. The van der Waals surface area contributed by atoms with E-state index in [1.807, 2.05) is 123 Å². The Kier molecular flexibility index (Phi) is 13.0. The van der Waals surface area contributed by atoms with Gasteiger partial charge in [-0.15, -0.1) is 0 Å². The normalized spacial score (nSPS) is 17.7. The van der Waals surface area contributed by atoms with E-state index in [0.29, 0.717) is 39.1 Å². The third-order valence-corrected chi connectivity index (χ3v) is 9.39. The van der Waals surface area contributed by atoms with Crippen LogP contribution in [0.4, 0.5) is 0 Å². The fourth-order valence-corrected chi connectivity index (χ4v) is 6.76. The van der Waals surface area contributed by atoms with Crippen LogP contribution in [0.25, 0.3) is 0 Å². The highest BCUT2D eigenvalue weighted by molar-refractivity contribution is 5.99. The zero-order valence-corrected chi connectivity index (χ0v) is 29.6. The molecule has 10 heteroatoms. The zero-order valence-electron chi connectivity index (χ0n) is 29.6. The van der Waals surface area contributed by atoms with Crippen LogP contribution in [0.15, 0.2) is 109 Å². The Morgan fingerprint density at radius 3 is 1.13 bits per heavy atom. The lowest BCUT2D eigenvalue weighted by atomic mass is 9.55. The molecule has 10 nitrogen and oxygen atoms in total. The summed E-state index contributed by atoms with van der Waals surface area (Å²) < 4.78 is 11.6. The van der Waals surface area contributed by atoms with Crippen LogP contribution in [-0.2, 0) is 45.5 Å². The third-order valence-electron chi connectivity index (χ3n) is 9.39. The molecule has 0 spiro atoms. The molecule has 1 fully saturated rings. The molecule has 0 bridgehead atoms. The Morgan fingerprint density at radius 2 is 0.827 bits per heavy atom. The molecule has 0 aliphatic heterocycles. The number of hydrogen-bond acceptors (Lipinski definition) is 6. The second-order valence-corrected chi connectivity index (χ2v) is 13.1. The molecule has 1 saturated carbocycles. The minimum Gasteiger partial charge on any atom is -0.489 e. The summed E-state index contributed by atoms with van der Waals surface area (Å²) in [5, 5.41) is 20.7. The highest BCUT2D eigenvalue weighted by atomic mass is 16.5. The first kappa shape index (κ1) is 37.6. The number of rotatable bonds is 18. The van der Waals surface area contributed by atoms with Crippen LogP contribution in [0.1, 0.15) is 48.9 Å². The maximum atomic E-state index is 14.1. The molecular weight excluding hydrogens is 660 g/mol. The van der Waals surface area contributed by atoms with Crippen LogP contribution in [-0.4, -0.2) is 56.9 Å². The highest BCUT2D eigenvalue weighted by Crippen LogP contribution is 2.49. The van der Waals surface area contributed by atoms with Gasteiger partial charge in [-0.25, -0.2) is 0 Å². The van der Waals surface area contributed by atoms with E-state index < -0.39 is 47.4 Å². The van der Waals surface area contributed by atoms with E-state index in [9.17, 15) is 29.4 Å². The lowest BCUT2D eigenvalue weighted by Crippen LogP contribution is -2.64. The monoisotopic (exact) mass is 706 g/mol. The Morgan fingerprint density at radius 1 is 0.500 bits per heavy atom. The Labute approximate surface area is 304 Å². The number of carboxylic acids is 2. The van der Waals surface area contributed by atoms with E-state index in [4.69, 9.17) is 9.47 Å². The summed E-state index contributed by atoms with van der Waals surface area (Å²) in [7, 11) is 0. The summed E-state index contributed by atoms with van der Waals surface area (Å²) in [6.07, 6.45) is 1.17. The number of hydrogen-bond donors (Lipinski definition) is 2. The summed E-state index contributed by atoms with van der Waals surface area (Å²) in [6, 6.07) is 34.0. The first-order chi connectivity index (χ1) is 25.2. The summed E-state index contributed by atoms with van der Waals surface area (Å²) in [6.45, 7) is 5.48. The average Bonchev–Trinajstić information content (AvgIpc) is 3.14. The fraction of sp³-hybridized carbons (Fsp3) is 0.333. The van der Waals surface area contributed by atoms with Crippen LogP contribution in [0, 0.1) is 23.7 Å². The van der Waals surface area contributed by atoms with Gasteiger partial charge >= 0.3 is 11.9 Å². The van der Waals surface area contributed by atoms with Gasteiger partial charge in [-0.2, -0.15) is 0 Å². The predicted octanol–water partition coefficient (Wildman–Crippen LogP) is 6.67. The van der Waals surface area contributed by atoms with Crippen LogP contribution in [0.5, 0.6) is 11.5 Å². The number of carbonyl (C=O) groups excluding carboxylic acids is 2. The Hall–Kier alpha value is -5.64. The van der Waals surface area contributed by atoms with Crippen molar-refractivity contribution in [2.24, 2.45) is 23.7 Å². The van der Waals surface area contributed by atoms with Crippen molar-refractivity contribution in [1.82, 2.24) is 9.80 Å². The molecule has 2 N–H and O–H groups in total. The molecule has 4 aromatic carbocycles. The average molecular weight is 707 g/mol. The Balaban J connectivity index is 1.27. The maximum Gasteiger partial charge on any atom is 0.308 e. The zero-order chi connectivity index (χ0) is 37.0. The topological polar surface area (TPSA) is 134 Å². The molecular formula is C42H46N2O8. The van der Waals surface area contributed by atoms with Crippen molar-refractivity contribution >= 4 is 23.8 Å². The van der Waals surface area contributed by atoms with Gasteiger partial charge in [0.25, 0.3) is 0 Å². The van der Waals surface area contributed by atoms with Crippen molar-refractivity contribution in [3.63, 3.8) is 0 Å². The SMILES string of the molecule is CCCN(Cc1ccc(COc2ccccc2)cc1)C(=O)[C@H]1[C@H](C(=O)O)[C@H](C(=O)N(CCC)Cc2ccc(COc3ccccc3)cc2)[C@H]1C(=O)O. The van der Waals surface area contributed by atoms with Gasteiger partial charge < -0.3 is 29.5 Å². The number of aliphatic carboxylic acids is 2. The highest BCUT2D eigenvalue weighted by Gasteiger charge is 2.64. The van der Waals surface area contributed by atoms with Crippen LogP contribution >= 0.6 is 0 Å². The van der Waals surface area contributed by atoms with Crippen molar-refractivity contribution in [2.45, 2.75) is 53.0 Å². The Bertz CT molecular complexity index is 1640. The number of carbonyl (C=O) groups is 4. The number of nitrogens with zero attached hydrogens (tertiary/aromatic N) is 2. The molecule has 0 heterocycles. The molecule has 1 aliphatic rings. The third kappa shape index (κ3) is 9.37. The molecule has 0 aromatic heterocycles. The van der Waals surface area contributed by atoms with Gasteiger partial charge in [0, 0.05) is 26.2 Å². The molecule has 2 amide bonds. The van der Waals surface area contributed by atoms with Crippen LogP contribution < -0.4 is 9.47 Å².